The van der Waals surface area contributed by atoms with Crippen LogP contribution in [-0.4, -0.2) is 37.4 Å². The lowest BCUT2D eigenvalue weighted by Crippen LogP contribution is -2.10. The van der Waals surface area contributed by atoms with Gasteiger partial charge in [0.25, 0.3) is 5.56 Å². The first-order valence-corrected chi connectivity index (χ1v) is 5.54. The molecule has 0 aromatic carbocycles. The molecule has 0 saturated heterocycles. The summed E-state index contributed by atoms with van der Waals surface area (Å²) in [4.78, 5) is 24.2. The van der Waals surface area contributed by atoms with Crippen molar-refractivity contribution in [1.82, 2.24) is 19.9 Å². The second-order valence-corrected chi connectivity index (χ2v) is 3.78. The highest BCUT2D eigenvalue weighted by Gasteiger charge is 2.07. The number of nitrogens with one attached hydrogen (secondary N) is 2. The number of aromatic amines is 2. The molecule has 5 N–H and O–H groups in total. The number of fused-ring (bicyclic) bond motifs is 1. The molecule has 0 fully saturated rings. The number of hydrogen-bond acceptors (Lipinski definition) is 8. The highest BCUT2D eigenvalue weighted by Crippen LogP contribution is 2.14. The van der Waals surface area contributed by atoms with Gasteiger partial charge < -0.3 is 15.8 Å². The summed E-state index contributed by atoms with van der Waals surface area (Å²) in [5, 5.41) is 12.3. The minimum atomic E-state index is -0.413. The molecule has 0 aliphatic heterocycles. The van der Waals surface area contributed by atoms with E-state index in [1.165, 1.54) is 0 Å². The summed E-state index contributed by atoms with van der Waals surface area (Å²) in [6.07, 6.45) is 0. The van der Waals surface area contributed by atoms with Crippen LogP contribution >= 0.6 is 11.9 Å². The molecule has 0 unspecified atom stereocenters. The predicted octanol–water partition coefficient (Wildman–Crippen LogP) is -0.0474. The number of nitrogen functional groups attached to an aromatic ring is 1. The predicted molar refractivity (Wildman–Crippen MR) is 63.0 cm³/mol. The van der Waals surface area contributed by atoms with E-state index in [9.17, 15) is 4.79 Å². The van der Waals surface area contributed by atoms with Crippen molar-refractivity contribution >= 4 is 35.0 Å². The van der Waals surface area contributed by atoms with E-state index in [0.29, 0.717) is 5.75 Å². The molecule has 0 aliphatic rings. The first-order valence-electron chi connectivity index (χ1n) is 4.60. The van der Waals surface area contributed by atoms with Crippen molar-refractivity contribution in [3.63, 3.8) is 0 Å². The van der Waals surface area contributed by atoms with Gasteiger partial charge in [-0.15, -0.1) is 9.63 Å². The molecule has 2 aromatic heterocycles. The van der Waals surface area contributed by atoms with Gasteiger partial charge in [-0.25, -0.2) is 0 Å². The molecule has 90 valence electrons. The summed E-state index contributed by atoms with van der Waals surface area (Å²) >= 11 is 1.08. The lowest BCUT2D eigenvalue weighted by atomic mass is 10.5. The van der Waals surface area contributed by atoms with Crippen molar-refractivity contribution in [3.8, 4) is 0 Å². The fourth-order valence-corrected chi connectivity index (χ4v) is 1.41. The van der Waals surface area contributed by atoms with Gasteiger partial charge in [-0.05, 0) is 0 Å². The number of aromatic nitrogens is 4. The number of imidazole rings is 1. The molecule has 2 aromatic rings. The monoisotopic (exact) mass is 255 g/mol. The number of nitrogens with two attached hydrogens (primary N) is 1. The van der Waals surface area contributed by atoms with Gasteiger partial charge in [0.15, 0.2) is 11.2 Å². The lowest BCUT2D eigenvalue weighted by molar-refractivity contribution is 0.322. The van der Waals surface area contributed by atoms with E-state index in [0.717, 1.165) is 11.9 Å². The number of hydrogen-bond donors (Lipinski definition) is 4. The van der Waals surface area contributed by atoms with Crippen molar-refractivity contribution in [2.24, 2.45) is 9.63 Å². The third-order valence-corrected chi connectivity index (χ3v) is 2.31. The van der Waals surface area contributed by atoms with Gasteiger partial charge in [0.1, 0.15) is 0 Å². The van der Waals surface area contributed by atoms with E-state index in [-0.39, 0.29) is 29.7 Å². The maximum absolute atomic E-state index is 11.4. The summed E-state index contributed by atoms with van der Waals surface area (Å²) in [5.74, 6) is 0.594. The Kier molecular flexibility index (Phi) is 3.35. The van der Waals surface area contributed by atoms with Crippen LogP contribution in [-0.2, 0) is 0 Å². The second kappa shape index (κ2) is 4.93. The van der Waals surface area contributed by atoms with E-state index < -0.39 is 5.56 Å². The highest BCUT2D eigenvalue weighted by molar-refractivity contribution is 7.97. The first-order chi connectivity index (χ1) is 8.20. The van der Waals surface area contributed by atoms with Crippen molar-refractivity contribution in [1.29, 1.82) is 0 Å². The molecule has 9 nitrogen and oxygen atoms in total. The zero-order chi connectivity index (χ0) is 12.3. The van der Waals surface area contributed by atoms with Crippen molar-refractivity contribution in [3.05, 3.63) is 10.4 Å². The van der Waals surface area contributed by atoms with E-state index in [1.54, 1.807) is 0 Å². The van der Waals surface area contributed by atoms with Crippen molar-refractivity contribution in [2.75, 3.05) is 18.1 Å². The third kappa shape index (κ3) is 2.60. The smallest absolute Gasteiger partial charge is 0.278 e. The molecule has 2 rings (SSSR count). The van der Waals surface area contributed by atoms with Crippen LogP contribution in [0.3, 0.4) is 0 Å². The summed E-state index contributed by atoms with van der Waals surface area (Å²) < 4.78 is 3.70. The largest absolute Gasteiger partial charge is 0.395 e. The van der Waals surface area contributed by atoms with Crippen LogP contribution in [0.4, 0.5) is 11.9 Å². The van der Waals surface area contributed by atoms with E-state index >= 15 is 0 Å². The van der Waals surface area contributed by atoms with Gasteiger partial charge in [0.2, 0.25) is 11.9 Å². The Hall–Kier alpha value is -1.94. The van der Waals surface area contributed by atoms with E-state index in [2.05, 4.69) is 29.6 Å². The van der Waals surface area contributed by atoms with E-state index in [1.807, 2.05) is 0 Å². The van der Waals surface area contributed by atoms with Gasteiger partial charge in [0, 0.05) is 17.7 Å². The van der Waals surface area contributed by atoms with Crippen molar-refractivity contribution in [2.45, 2.75) is 0 Å². The molecule has 0 saturated carbocycles. The average Bonchev–Trinajstić information content (AvgIpc) is 2.67. The molecule has 17 heavy (non-hydrogen) atoms. The lowest BCUT2D eigenvalue weighted by Gasteiger charge is -1.88. The van der Waals surface area contributed by atoms with E-state index in [4.69, 9.17) is 10.8 Å². The topological polar surface area (TPSA) is 145 Å². The molecule has 0 amide bonds. The Morgan fingerprint density at radius 3 is 3.00 bits per heavy atom. The number of nitrogens with zero attached hydrogens (tertiary/aromatic N) is 4. The first kappa shape index (κ1) is 11.5. The Bertz CT molecular complexity index is 604. The van der Waals surface area contributed by atoms with Crippen molar-refractivity contribution < 1.29 is 5.11 Å². The van der Waals surface area contributed by atoms with Crippen LogP contribution in [0.25, 0.3) is 11.2 Å². The quantitative estimate of drug-likeness (QED) is 0.342. The highest BCUT2D eigenvalue weighted by atomic mass is 32.2. The molecule has 0 atom stereocenters. The summed E-state index contributed by atoms with van der Waals surface area (Å²) in [6, 6.07) is 0. The Morgan fingerprint density at radius 2 is 2.24 bits per heavy atom. The molecule has 2 heterocycles. The maximum atomic E-state index is 11.4. The molecule has 0 spiro atoms. The van der Waals surface area contributed by atoms with Crippen LogP contribution in [0, 0.1) is 0 Å². The number of anilines is 1. The van der Waals surface area contributed by atoms with Gasteiger partial charge >= 0.3 is 0 Å². The van der Waals surface area contributed by atoms with Crippen LogP contribution < -0.4 is 11.3 Å². The van der Waals surface area contributed by atoms with Crippen LogP contribution in [0.15, 0.2) is 14.4 Å². The maximum Gasteiger partial charge on any atom is 0.278 e. The normalized spacial score (nSPS) is 11.6. The zero-order valence-corrected chi connectivity index (χ0v) is 9.36. The Labute approximate surface area is 98.7 Å². The summed E-state index contributed by atoms with van der Waals surface area (Å²) in [7, 11) is 0. The fourth-order valence-electron chi connectivity index (χ4n) is 1.11. The summed E-state index contributed by atoms with van der Waals surface area (Å²) in [6.45, 7) is 0.0155. The third-order valence-electron chi connectivity index (χ3n) is 1.74. The second-order valence-electron chi connectivity index (χ2n) is 2.95. The number of aliphatic hydroxyl groups excluding tert-OH is 1. The van der Waals surface area contributed by atoms with Crippen LogP contribution in [0.5, 0.6) is 0 Å². The molecule has 0 bridgehead atoms. The standard InChI is InChI=1S/C7H9N7O2S/c8-6-10-4-3(5(16)12-6)9-7(11-4)13-14-17-2-1-15/h15H,1-2H2,(H4,8,9,10,11,12,16)/b14-13+. The number of H-pyrrole nitrogens is 2. The number of rotatable bonds is 4. The Morgan fingerprint density at radius 1 is 1.41 bits per heavy atom. The molecule has 10 heteroatoms. The zero-order valence-electron chi connectivity index (χ0n) is 8.54. The molecule has 0 radical (unpaired) electrons. The molecular weight excluding hydrogens is 246 g/mol. The van der Waals surface area contributed by atoms with Crippen LogP contribution in [0.1, 0.15) is 0 Å². The van der Waals surface area contributed by atoms with Gasteiger partial charge in [-0.1, -0.05) is 0 Å². The van der Waals surface area contributed by atoms with Gasteiger partial charge in [-0.3, -0.25) is 9.78 Å². The van der Waals surface area contributed by atoms with Crippen LogP contribution in [0.2, 0.25) is 0 Å². The molecular formula is C7H9N7O2S. The Balaban J connectivity index is 2.29. The molecule has 0 aliphatic carbocycles. The average molecular weight is 255 g/mol. The summed E-state index contributed by atoms with van der Waals surface area (Å²) in [5.41, 5.74) is 5.34. The SMILES string of the molecule is Nc1nc2nc(/N=N/SCCO)[nH]c2c(=O)[nH]1. The minimum Gasteiger partial charge on any atom is -0.395 e. The van der Waals surface area contributed by atoms with Gasteiger partial charge in [0.05, 0.1) is 6.61 Å². The fraction of sp³-hybridized carbons (Fsp3) is 0.286. The minimum absolute atomic E-state index is 0.00727. The van der Waals surface area contributed by atoms with Gasteiger partial charge in [-0.2, -0.15) is 9.97 Å². The number of aliphatic hydroxyl groups is 1.